The van der Waals surface area contributed by atoms with E-state index in [1.54, 1.807) is 0 Å². The van der Waals surface area contributed by atoms with Gasteiger partial charge < -0.3 is 0 Å². The molecule has 0 bridgehead atoms. The average Bonchev–Trinajstić information content (AvgIpc) is 2.59. The summed E-state index contributed by atoms with van der Waals surface area (Å²) in [6.07, 6.45) is 1.83. The highest BCUT2D eigenvalue weighted by atomic mass is 15.4. The third kappa shape index (κ3) is 1.60. The van der Waals surface area contributed by atoms with Crippen molar-refractivity contribution in [1.82, 2.24) is 20.0 Å². The lowest BCUT2D eigenvalue weighted by Gasteiger charge is -2.07. The van der Waals surface area contributed by atoms with E-state index in [4.69, 9.17) is 0 Å². The molecule has 4 heteroatoms. The molecule has 0 radical (unpaired) electrons. The maximum Gasteiger partial charge on any atom is 0.178 e. The molecular formula is C11H16N4. The molecule has 80 valence electrons. The molecule has 2 aromatic heterocycles. The molecule has 0 aliphatic heterocycles. The molecule has 0 fully saturated rings. The Morgan fingerprint density at radius 1 is 1.20 bits per heavy atom. The molecule has 0 atom stereocenters. The lowest BCUT2D eigenvalue weighted by atomic mass is 10.0. The summed E-state index contributed by atoms with van der Waals surface area (Å²) >= 11 is 0. The van der Waals surface area contributed by atoms with Gasteiger partial charge in [0.1, 0.15) is 5.52 Å². The predicted octanol–water partition coefficient (Wildman–Crippen LogP) is 2.53. The number of hydrogen-bond acceptors (Lipinski definition) is 3. The Bertz CT molecular complexity index is 470. The van der Waals surface area contributed by atoms with Crippen LogP contribution >= 0.6 is 0 Å². The van der Waals surface area contributed by atoms with Gasteiger partial charge in [-0.05, 0) is 31.4 Å². The van der Waals surface area contributed by atoms with E-state index in [9.17, 15) is 0 Å². The van der Waals surface area contributed by atoms with E-state index in [0.717, 1.165) is 11.2 Å². The fraction of sp³-hybridized carbons (Fsp3) is 0.545. The van der Waals surface area contributed by atoms with Crippen molar-refractivity contribution in [1.29, 1.82) is 0 Å². The summed E-state index contributed by atoms with van der Waals surface area (Å²) in [6.45, 7) is 8.47. The van der Waals surface area contributed by atoms with Crippen molar-refractivity contribution in [2.75, 3.05) is 0 Å². The Hall–Kier alpha value is -1.45. The van der Waals surface area contributed by atoms with Gasteiger partial charge in [0.15, 0.2) is 5.65 Å². The molecule has 0 aliphatic rings. The van der Waals surface area contributed by atoms with Crippen LogP contribution in [0.4, 0.5) is 0 Å². The van der Waals surface area contributed by atoms with Crippen molar-refractivity contribution in [2.24, 2.45) is 0 Å². The van der Waals surface area contributed by atoms with E-state index >= 15 is 0 Å². The van der Waals surface area contributed by atoms with Gasteiger partial charge in [-0.1, -0.05) is 19.1 Å². The van der Waals surface area contributed by atoms with E-state index in [-0.39, 0.29) is 0 Å². The van der Waals surface area contributed by atoms with Crippen LogP contribution in [0.5, 0.6) is 0 Å². The summed E-state index contributed by atoms with van der Waals surface area (Å²) in [6, 6.07) is 2.32. The lowest BCUT2D eigenvalue weighted by molar-refractivity contribution is 0.526. The van der Waals surface area contributed by atoms with Crippen molar-refractivity contribution in [3.8, 4) is 0 Å². The zero-order valence-corrected chi connectivity index (χ0v) is 9.60. The topological polar surface area (TPSA) is 43.6 Å². The van der Waals surface area contributed by atoms with Crippen LogP contribution in [0.25, 0.3) is 11.2 Å². The highest BCUT2D eigenvalue weighted by molar-refractivity contribution is 5.74. The van der Waals surface area contributed by atoms with E-state index in [1.165, 1.54) is 5.56 Å². The summed E-state index contributed by atoms with van der Waals surface area (Å²) in [5, 5.41) is 8.35. The third-order valence-electron chi connectivity index (χ3n) is 2.51. The molecule has 0 unspecified atom stereocenters. The molecule has 0 saturated carbocycles. The monoisotopic (exact) mass is 204 g/mol. The Morgan fingerprint density at radius 2 is 1.93 bits per heavy atom. The van der Waals surface area contributed by atoms with Crippen LogP contribution in [0.2, 0.25) is 0 Å². The number of aromatic nitrogens is 4. The first kappa shape index (κ1) is 10.1. The minimum absolute atomic E-state index is 0.296. The Kier molecular flexibility index (Phi) is 2.42. The quantitative estimate of drug-likeness (QED) is 0.755. The molecule has 0 spiro atoms. The smallest absolute Gasteiger partial charge is 0.178 e. The molecule has 2 rings (SSSR count). The van der Waals surface area contributed by atoms with Crippen LogP contribution < -0.4 is 0 Å². The minimum Gasteiger partial charge on any atom is -0.235 e. The van der Waals surface area contributed by atoms with Crippen molar-refractivity contribution in [3.63, 3.8) is 0 Å². The number of rotatable bonds is 2. The van der Waals surface area contributed by atoms with Crippen molar-refractivity contribution >= 4 is 11.2 Å². The van der Waals surface area contributed by atoms with Crippen LogP contribution in [0.15, 0.2) is 12.3 Å². The molecule has 2 heterocycles. The van der Waals surface area contributed by atoms with Gasteiger partial charge in [0.05, 0.1) is 6.04 Å². The van der Waals surface area contributed by atoms with E-state index in [0.29, 0.717) is 12.0 Å². The van der Waals surface area contributed by atoms with E-state index in [2.05, 4.69) is 43.0 Å². The lowest BCUT2D eigenvalue weighted by Crippen LogP contribution is -2.03. The molecular weight excluding hydrogens is 188 g/mol. The van der Waals surface area contributed by atoms with Crippen LogP contribution in [0, 0.1) is 0 Å². The molecule has 2 aromatic rings. The maximum absolute atomic E-state index is 4.34. The first-order valence-electron chi connectivity index (χ1n) is 5.31. The Morgan fingerprint density at radius 3 is 2.53 bits per heavy atom. The van der Waals surface area contributed by atoms with E-state index in [1.807, 2.05) is 16.9 Å². The van der Waals surface area contributed by atoms with Crippen LogP contribution in [0.3, 0.4) is 0 Å². The Balaban J connectivity index is 2.69. The fourth-order valence-electron chi connectivity index (χ4n) is 1.68. The van der Waals surface area contributed by atoms with Crippen molar-refractivity contribution in [3.05, 3.63) is 17.8 Å². The van der Waals surface area contributed by atoms with E-state index < -0.39 is 0 Å². The van der Waals surface area contributed by atoms with Gasteiger partial charge in [0.25, 0.3) is 0 Å². The average molecular weight is 204 g/mol. The van der Waals surface area contributed by atoms with Gasteiger partial charge in [0, 0.05) is 6.20 Å². The summed E-state index contributed by atoms with van der Waals surface area (Å²) < 4.78 is 1.86. The highest BCUT2D eigenvalue weighted by Gasteiger charge is 2.13. The summed E-state index contributed by atoms with van der Waals surface area (Å²) in [7, 11) is 0. The second kappa shape index (κ2) is 3.61. The molecule has 0 amide bonds. The van der Waals surface area contributed by atoms with Crippen LogP contribution in [-0.4, -0.2) is 20.0 Å². The van der Waals surface area contributed by atoms with Crippen molar-refractivity contribution < 1.29 is 0 Å². The molecule has 4 nitrogen and oxygen atoms in total. The summed E-state index contributed by atoms with van der Waals surface area (Å²) in [5.41, 5.74) is 3.03. The fourth-order valence-corrected chi connectivity index (χ4v) is 1.68. The zero-order chi connectivity index (χ0) is 11.0. The molecule has 15 heavy (non-hydrogen) atoms. The molecule has 0 aromatic carbocycles. The van der Waals surface area contributed by atoms with Gasteiger partial charge in [-0.25, -0.2) is 9.67 Å². The van der Waals surface area contributed by atoms with Gasteiger partial charge in [-0.15, -0.1) is 5.10 Å². The predicted molar refractivity (Wildman–Crippen MR) is 59.8 cm³/mol. The van der Waals surface area contributed by atoms with Gasteiger partial charge >= 0.3 is 0 Å². The van der Waals surface area contributed by atoms with Crippen LogP contribution in [0.1, 0.15) is 45.2 Å². The number of nitrogens with zero attached hydrogens (tertiary/aromatic N) is 4. The second-order valence-electron chi connectivity index (χ2n) is 4.35. The van der Waals surface area contributed by atoms with Gasteiger partial charge in [-0.2, -0.15) is 0 Å². The minimum atomic E-state index is 0.296. The zero-order valence-electron chi connectivity index (χ0n) is 9.60. The normalized spacial score (nSPS) is 11.9. The molecule has 0 saturated heterocycles. The number of pyridine rings is 1. The molecule has 0 aliphatic carbocycles. The van der Waals surface area contributed by atoms with Crippen LogP contribution in [-0.2, 0) is 0 Å². The maximum atomic E-state index is 4.34. The standard InChI is InChI=1S/C11H16N4/c1-7(2)9-5-6-12-11-10(9)13-14-15(11)8(3)4/h5-8H,1-4H3. The van der Waals surface area contributed by atoms with Gasteiger partial charge in [-0.3, -0.25) is 0 Å². The Labute approximate surface area is 89.3 Å². The third-order valence-corrected chi connectivity index (χ3v) is 2.51. The molecule has 0 N–H and O–H groups in total. The number of hydrogen-bond donors (Lipinski definition) is 0. The largest absolute Gasteiger partial charge is 0.235 e. The summed E-state index contributed by atoms with van der Waals surface area (Å²) in [5.74, 6) is 0.452. The first-order chi connectivity index (χ1) is 7.11. The first-order valence-corrected chi connectivity index (χ1v) is 5.31. The highest BCUT2D eigenvalue weighted by Crippen LogP contribution is 2.22. The second-order valence-corrected chi connectivity index (χ2v) is 4.35. The van der Waals surface area contributed by atoms with Gasteiger partial charge in [0.2, 0.25) is 0 Å². The summed E-state index contributed by atoms with van der Waals surface area (Å²) in [4.78, 5) is 4.34. The van der Waals surface area contributed by atoms with Crippen molar-refractivity contribution in [2.45, 2.75) is 39.7 Å². The SMILES string of the molecule is CC(C)c1ccnc2c1nnn2C(C)C. The number of fused-ring (bicyclic) bond motifs is 1.